The van der Waals surface area contributed by atoms with Gasteiger partial charge in [0.25, 0.3) is 0 Å². The zero-order chi connectivity index (χ0) is 21.5. The monoisotopic (exact) mass is 408 g/mol. The number of carbonyl (C=O) groups is 3. The number of carbonyl (C=O) groups excluding carboxylic acids is 3. The summed E-state index contributed by atoms with van der Waals surface area (Å²) in [7, 11) is 0. The van der Waals surface area contributed by atoms with Crippen molar-refractivity contribution in [3.8, 4) is 0 Å². The third-order valence-corrected chi connectivity index (χ3v) is 5.30. The average molecular weight is 409 g/mol. The first-order valence-corrected chi connectivity index (χ1v) is 10.2. The number of urea groups is 1. The lowest BCUT2D eigenvalue weighted by Gasteiger charge is -2.24. The minimum atomic E-state index is -0.553. The lowest BCUT2D eigenvalue weighted by atomic mass is 9.97. The molecule has 0 aliphatic heterocycles. The maximum Gasteiger partial charge on any atom is 0.323 e. The normalized spacial score (nSPS) is 14.6. The standard InChI is InChI=1S/C23H28N4O3/c1-15-12-13-19(26-23(30)25-18-10-4-3-5-11-18)14-20(15)27-22(29)21(24-16(2)28)17-8-6-7-9-17/h3-5,10-14,17,21H,6-9H2,1-2H3,(H,24,28)(H,27,29)(H2,25,26,30). The van der Waals surface area contributed by atoms with Crippen LogP contribution < -0.4 is 21.3 Å². The highest BCUT2D eigenvalue weighted by atomic mass is 16.2. The molecule has 0 heterocycles. The molecule has 7 heteroatoms. The van der Waals surface area contributed by atoms with Crippen LogP contribution >= 0.6 is 0 Å². The molecular formula is C23H28N4O3. The summed E-state index contributed by atoms with van der Waals surface area (Å²) in [6.07, 6.45) is 4.00. The van der Waals surface area contributed by atoms with Crippen LogP contribution in [0, 0.1) is 12.8 Å². The van der Waals surface area contributed by atoms with Crippen LogP contribution in [0.1, 0.15) is 38.2 Å². The van der Waals surface area contributed by atoms with Gasteiger partial charge in [0, 0.05) is 24.0 Å². The van der Waals surface area contributed by atoms with Crippen LogP contribution in [-0.2, 0) is 9.59 Å². The van der Waals surface area contributed by atoms with Crippen molar-refractivity contribution < 1.29 is 14.4 Å². The zero-order valence-electron chi connectivity index (χ0n) is 17.3. The summed E-state index contributed by atoms with van der Waals surface area (Å²) in [6.45, 7) is 3.31. The van der Waals surface area contributed by atoms with E-state index in [4.69, 9.17) is 0 Å². The Morgan fingerprint density at radius 3 is 2.23 bits per heavy atom. The number of aryl methyl sites for hydroxylation is 1. The molecule has 158 valence electrons. The number of para-hydroxylation sites is 1. The van der Waals surface area contributed by atoms with E-state index in [1.165, 1.54) is 6.92 Å². The number of rotatable bonds is 6. The van der Waals surface area contributed by atoms with E-state index in [1.54, 1.807) is 24.3 Å². The second kappa shape index (κ2) is 9.91. The van der Waals surface area contributed by atoms with Crippen LogP contribution in [0.15, 0.2) is 48.5 Å². The summed E-state index contributed by atoms with van der Waals surface area (Å²) in [4.78, 5) is 36.8. The molecule has 0 radical (unpaired) electrons. The van der Waals surface area contributed by atoms with Crippen LogP contribution in [0.3, 0.4) is 0 Å². The molecular weight excluding hydrogens is 380 g/mol. The highest BCUT2D eigenvalue weighted by Crippen LogP contribution is 2.29. The first-order chi connectivity index (χ1) is 14.4. The van der Waals surface area contributed by atoms with Crippen molar-refractivity contribution in [2.24, 2.45) is 5.92 Å². The van der Waals surface area contributed by atoms with Crippen molar-refractivity contribution in [2.75, 3.05) is 16.0 Å². The molecule has 3 rings (SSSR count). The Balaban J connectivity index is 1.68. The summed E-state index contributed by atoms with van der Waals surface area (Å²) in [6, 6.07) is 13.5. The second-order valence-corrected chi connectivity index (χ2v) is 7.69. The van der Waals surface area contributed by atoms with Gasteiger partial charge in [-0.2, -0.15) is 0 Å². The maximum absolute atomic E-state index is 12.9. The zero-order valence-corrected chi connectivity index (χ0v) is 17.3. The average Bonchev–Trinajstić information content (AvgIpc) is 3.23. The molecule has 4 N–H and O–H groups in total. The van der Waals surface area contributed by atoms with E-state index in [9.17, 15) is 14.4 Å². The van der Waals surface area contributed by atoms with Gasteiger partial charge in [-0.1, -0.05) is 37.1 Å². The van der Waals surface area contributed by atoms with E-state index in [2.05, 4.69) is 21.3 Å². The van der Waals surface area contributed by atoms with Gasteiger partial charge >= 0.3 is 6.03 Å². The molecule has 1 atom stereocenters. The Bertz CT molecular complexity index is 908. The maximum atomic E-state index is 12.9. The summed E-state index contributed by atoms with van der Waals surface area (Å²) in [5.74, 6) is -0.301. The van der Waals surface area contributed by atoms with E-state index < -0.39 is 6.04 Å². The molecule has 7 nitrogen and oxygen atoms in total. The highest BCUT2D eigenvalue weighted by Gasteiger charge is 2.31. The molecule has 1 saturated carbocycles. The van der Waals surface area contributed by atoms with Gasteiger partial charge in [0.1, 0.15) is 6.04 Å². The predicted molar refractivity (Wildman–Crippen MR) is 118 cm³/mol. The van der Waals surface area contributed by atoms with Gasteiger partial charge in [-0.25, -0.2) is 4.79 Å². The third-order valence-electron chi connectivity index (χ3n) is 5.30. The van der Waals surface area contributed by atoms with Crippen molar-refractivity contribution in [1.29, 1.82) is 0 Å². The number of hydrogen-bond acceptors (Lipinski definition) is 3. The van der Waals surface area contributed by atoms with Gasteiger partial charge in [0.05, 0.1) is 0 Å². The Labute approximate surface area is 176 Å². The third kappa shape index (κ3) is 5.83. The topological polar surface area (TPSA) is 99.3 Å². The van der Waals surface area contributed by atoms with Crippen LogP contribution in [-0.4, -0.2) is 23.9 Å². The molecule has 1 aliphatic rings. The van der Waals surface area contributed by atoms with Gasteiger partial charge < -0.3 is 21.3 Å². The number of hydrogen-bond donors (Lipinski definition) is 4. The summed E-state index contributed by atoms with van der Waals surface area (Å²) >= 11 is 0. The molecule has 30 heavy (non-hydrogen) atoms. The van der Waals surface area contributed by atoms with Crippen LogP contribution in [0.4, 0.5) is 21.9 Å². The summed E-state index contributed by atoms with van der Waals surface area (Å²) in [5, 5.41) is 11.3. The van der Waals surface area contributed by atoms with E-state index in [0.29, 0.717) is 17.1 Å². The minimum Gasteiger partial charge on any atom is -0.344 e. The summed E-state index contributed by atoms with van der Waals surface area (Å²) < 4.78 is 0. The molecule has 2 aromatic carbocycles. The molecule has 0 bridgehead atoms. The minimum absolute atomic E-state index is 0.146. The predicted octanol–water partition coefficient (Wildman–Crippen LogP) is 4.27. The van der Waals surface area contributed by atoms with Crippen molar-refractivity contribution in [2.45, 2.75) is 45.6 Å². The van der Waals surface area contributed by atoms with Crippen LogP contribution in [0.2, 0.25) is 0 Å². The fourth-order valence-electron chi connectivity index (χ4n) is 3.77. The molecule has 1 unspecified atom stereocenters. The molecule has 0 aromatic heterocycles. The Hall–Kier alpha value is -3.35. The number of benzene rings is 2. The quantitative estimate of drug-likeness (QED) is 0.574. The van der Waals surface area contributed by atoms with E-state index in [-0.39, 0.29) is 23.8 Å². The van der Waals surface area contributed by atoms with Crippen molar-refractivity contribution >= 4 is 34.9 Å². The molecule has 1 fully saturated rings. The smallest absolute Gasteiger partial charge is 0.323 e. The lowest BCUT2D eigenvalue weighted by Crippen LogP contribution is -2.47. The molecule has 1 aliphatic carbocycles. The highest BCUT2D eigenvalue weighted by molar-refractivity contribution is 6.01. The van der Waals surface area contributed by atoms with Gasteiger partial charge in [-0.3, -0.25) is 9.59 Å². The van der Waals surface area contributed by atoms with Gasteiger partial charge in [-0.15, -0.1) is 0 Å². The first-order valence-electron chi connectivity index (χ1n) is 10.2. The van der Waals surface area contributed by atoms with E-state index >= 15 is 0 Å². The Morgan fingerprint density at radius 1 is 0.900 bits per heavy atom. The fourth-order valence-corrected chi connectivity index (χ4v) is 3.77. The fraction of sp³-hybridized carbons (Fsp3) is 0.348. The SMILES string of the molecule is CC(=O)NC(C(=O)Nc1cc(NC(=O)Nc2ccccc2)ccc1C)C1CCCC1. The molecule has 4 amide bonds. The lowest BCUT2D eigenvalue weighted by molar-refractivity contribution is -0.126. The number of anilines is 3. The van der Waals surface area contributed by atoms with Gasteiger partial charge in [0.15, 0.2) is 0 Å². The Morgan fingerprint density at radius 2 is 1.57 bits per heavy atom. The Kier molecular flexibility index (Phi) is 7.06. The summed E-state index contributed by atoms with van der Waals surface area (Å²) in [5.41, 5.74) is 2.71. The largest absolute Gasteiger partial charge is 0.344 e. The number of nitrogens with one attached hydrogen (secondary N) is 4. The second-order valence-electron chi connectivity index (χ2n) is 7.69. The van der Waals surface area contributed by atoms with Crippen molar-refractivity contribution in [3.05, 3.63) is 54.1 Å². The van der Waals surface area contributed by atoms with Crippen molar-refractivity contribution in [1.82, 2.24) is 5.32 Å². The van der Waals surface area contributed by atoms with Crippen molar-refractivity contribution in [3.63, 3.8) is 0 Å². The molecule has 0 saturated heterocycles. The van der Waals surface area contributed by atoms with Crippen LogP contribution in [0.5, 0.6) is 0 Å². The van der Waals surface area contributed by atoms with E-state index in [0.717, 1.165) is 31.2 Å². The van der Waals surface area contributed by atoms with Crippen LogP contribution in [0.25, 0.3) is 0 Å². The molecule has 0 spiro atoms. The van der Waals surface area contributed by atoms with Gasteiger partial charge in [-0.05, 0) is 55.5 Å². The number of amides is 4. The van der Waals surface area contributed by atoms with E-state index in [1.807, 2.05) is 31.2 Å². The molecule has 2 aromatic rings. The van der Waals surface area contributed by atoms with Gasteiger partial charge in [0.2, 0.25) is 11.8 Å². The first kappa shape index (κ1) is 21.4.